The molecule has 0 atom stereocenters. The quantitative estimate of drug-likeness (QED) is 0.440. The Bertz CT molecular complexity index is 95.4. The Labute approximate surface area is 51.6 Å². The van der Waals surface area contributed by atoms with Crippen molar-refractivity contribution in [2.24, 2.45) is 0 Å². The number of hydrogen-bond acceptors (Lipinski definition) is 1. The van der Waals surface area contributed by atoms with Gasteiger partial charge in [-0.1, -0.05) is 19.9 Å². The van der Waals surface area contributed by atoms with Crippen LogP contribution in [-0.4, -0.2) is 0 Å². The number of allylic oxidation sites excluding steroid dienone is 2. The summed E-state index contributed by atoms with van der Waals surface area (Å²) in [6.45, 7) is 7.62. The third kappa shape index (κ3) is 8.97. The van der Waals surface area contributed by atoms with Crippen molar-refractivity contribution >= 4 is 0 Å². The van der Waals surface area contributed by atoms with Gasteiger partial charge in [-0.15, -0.1) is 0 Å². The van der Waals surface area contributed by atoms with Crippen molar-refractivity contribution in [3.8, 4) is 6.07 Å². The lowest BCUT2D eigenvalue weighted by atomic mass is 10.3. The zero-order valence-corrected chi connectivity index (χ0v) is 6.02. The minimum Gasteiger partial charge on any atom is -0.193 e. The van der Waals surface area contributed by atoms with Gasteiger partial charge in [-0.3, -0.25) is 0 Å². The summed E-state index contributed by atoms with van der Waals surface area (Å²) in [5.74, 6) is 0. The zero-order chi connectivity index (χ0) is 6.99. The highest BCUT2D eigenvalue weighted by molar-refractivity contribution is 5.15. The van der Waals surface area contributed by atoms with Crippen LogP contribution in [0.4, 0.5) is 0 Å². The molecule has 0 bridgehead atoms. The molecule has 0 amide bonds. The number of nitriles is 1. The molecule has 0 fully saturated rings. The topological polar surface area (TPSA) is 23.8 Å². The van der Waals surface area contributed by atoms with Crippen LogP contribution in [0.1, 0.15) is 27.7 Å². The maximum absolute atomic E-state index is 8.02. The third-order valence-corrected chi connectivity index (χ3v) is 0.609. The second-order valence-electron chi connectivity index (χ2n) is 1.08. The zero-order valence-electron chi connectivity index (χ0n) is 6.02. The standard InChI is InChI=1S/C5H7N.C2H6/c1-3-5(2)4-6;1-2/h3H,1-2H3;1-2H3/b5-3+;. The van der Waals surface area contributed by atoms with Crippen molar-refractivity contribution in [3.63, 3.8) is 0 Å². The molecular formula is C7H13N. The fraction of sp³-hybridized carbons (Fsp3) is 0.571. The van der Waals surface area contributed by atoms with Gasteiger partial charge in [0, 0.05) is 5.57 Å². The molecular weight excluding hydrogens is 98.1 g/mol. The molecule has 0 aromatic carbocycles. The summed E-state index contributed by atoms with van der Waals surface area (Å²) in [6.07, 6.45) is 1.78. The van der Waals surface area contributed by atoms with Crippen LogP contribution in [-0.2, 0) is 0 Å². The van der Waals surface area contributed by atoms with Crippen molar-refractivity contribution in [3.05, 3.63) is 11.6 Å². The van der Waals surface area contributed by atoms with Gasteiger partial charge >= 0.3 is 0 Å². The Kier molecular flexibility index (Phi) is 12.2. The van der Waals surface area contributed by atoms with Crippen molar-refractivity contribution in [2.75, 3.05) is 0 Å². The average molecular weight is 111 g/mol. The van der Waals surface area contributed by atoms with Crippen molar-refractivity contribution < 1.29 is 0 Å². The second kappa shape index (κ2) is 9.52. The maximum Gasteiger partial charge on any atom is 0.0940 e. The van der Waals surface area contributed by atoms with E-state index in [1.54, 1.807) is 13.0 Å². The van der Waals surface area contributed by atoms with Gasteiger partial charge in [0.15, 0.2) is 0 Å². The highest BCUT2D eigenvalue weighted by Gasteiger charge is 1.71. The lowest BCUT2D eigenvalue weighted by molar-refractivity contribution is 1.42. The van der Waals surface area contributed by atoms with E-state index in [9.17, 15) is 0 Å². The Hall–Kier alpha value is -0.770. The summed E-state index contributed by atoms with van der Waals surface area (Å²) in [5.41, 5.74) is 0.773. The molecule has 0 unspecified atom stereocenters. The lowest BCUT2D eigenvalue weighted by Gasteiger charge is -1.70. The molecule has 8 heavy (non-hydrogen) atoms. The first-order chi connectivity index (χ1) is 3.81. The van der Waals surface area contributed by atoms with E-state index < -0.39 is 0 Å². The van der Waals surface area contributed by atoms with E-state index >= 15 is 0 Å². The predicted octanol–water partition coefficient (Wildman–Crippen LogP) is 2.50. The Morgan fingerprint density at radius 2 is 1.88 bits per heavy atom. The van der Waals surface area contributed by atoms with E-state index in [-0.39, 0.29) is 0 Å². The van der Waals surface area contributed by atoms with E-state index in [0.717, 1.165) is 5.57 Å². The van der Waals surface area contributed by atoms with E-state index in [1.807, 2.05) is 26.8 Å². The molecule has 0 radical (unpaired) electrons. The van der Waals surface area contributed by atoms with Gasteiger partial charge in [0.2, 0.25) is 0 Å². The molecule has 1 heteroatoms. The second-order valence-corrected chi connectivity index (χ2v) is 1.08. The van der Waals surface area contributed by atoms with Crippen LogP contribution in [0.5, 0.6) is 0 Å². The summed E-state index contributed by atoms with van der Waals surface area (Å²) in [6, 6.07) is 1.98. The summed E-state index contributed by atoms with van der Waals surface area (Å²) in [5, 5.41) is 8.02. The molecule has 0 rings (SSSR count). The molecule has 0 aromatic rings. The van der Waals surface area contributed by atoms with Crippen molar-refractivity contribution in [1.82, 2.24) is 0 Å². The molecule has 46 valence electrons. The maximum atomic E-state index is 8.02. The van der Waals surface area contributed by atoms with Gasteiger partial charge < -0.3 is 0 Å². The van der Waals surface area contributed by atoms with Gasteiger partial charge in [-0.2, -0.15) is 5.26 Å². The lowest BCUT2D eigenvalue weighted by Crippen LogP contribution is -1.58. The van der Waals surface area contributed by atoms with Gasteiger partial charge in [0.1, 0.15) is 0 Å². The molecule has 0 heterocycles. The van der Waals surface area contributed by atoms with Crippen LogP contribution in [0.2, 0.25) is 0 Å². The van der Waals surface area contributed by atoms with Crippen LogP contribution in [0.25, 0.3) is 0 Å². The van der Waals surface area contributed by atoms with Crippen LogP contribution in [0, 0.1) is 11.3 Å². The fourth-order valence-corrected chi connectivity index (χ4v) is 0.0645. The van der Waals surface area contributed by atoms with Crippen LogP contribution in [0.3, 0.4) is 0 Å². The third-order valence-electron chi connectivity index (χ3n) is 0.609. The monoisotopic (exact) mass is 111 g/mol. The van der Waals surface area contributed by atoms with Crippen molar-refractivity contribution in [2.45, 2.75) is 27.7 Å². The van der Waals surface area contributed by atoms with Gasteiger partial charge in [-0.25, -0.2) is 0 Å². The molecule has 0 N–H and O–H groups in total. The first-order valence-corrected chi connectivity index (χ1v) is 2.84. The summed E-state index contributed by atoms with van der Waals surface area (Å²) >= 11 is 0. The Morgan fingerprint density at radius 1 is 1.50 bits per heavy atom. The SMILES string of the molecule is C/C=C(\C)C#N.CC. The molecule has 1 nitrogen and oxygen atoms in total. The van der Waals surface area contributed by atoms with E-state index in [2.05, 4.69) is 0 Å². The molecule has 0 aromatic heterocycles. The van der Waals surface area contributed by atoms with E-state index in [0.29, 0.717) is 0 Å². The van der Waals surface area contributed by atoms with Crippen LogP contribution < -0.4 is 0 Å². The highest BCUT2D eigenvalue weighted by atomic mass is 14.2. The first kappa shape index (κ1) is 10.3. The van der Waals surface area contributed by atoms with E-state index in [4.69, 9.17) is 5.26 Å². The first-order valence-electron chi connectivity index (χ1n) is 2.84. The van der Waals surface area contributed by atoms with Gasteiger partial charge in [0.25, 0.3) is 0 Å². The van der Waals surface area contributed by atoms with Crippen LogP contribution >= 0.6 is 0 Å². The molecule has 0 aliphatic carbocycles. The smallest absolute Gasteiger partial charge is 0.0940 e. The van der Waals surface area contributed by atoms with Crippen molar-refractivity contribution in [1.29, 1.82) is 5.26 Å². The molecule has 0 aliphatic heterocycles. The average Bonchev–Trinajstić information content (AvgIpc) is 1.91. The Morgan fingerprint density at radius 3 is 1.88 bits per heavy atom. The minimum atomic E-state index is 0.773. The summed E-state index contributed by atoms with van der Waals surface area (Å²) in [4.78, 5) is 0. The highest BCUT2D eigenvalue weighted by Crippen LogP contribution is 1.83. The largest absolute Gasteiger partial charge is 0.193 e. The summed E-state index contributed by atoms with van der Waals surface area (Å²) in [7, 11) is 0. The minimum absolute atomic E-state index is 0.773. The van der Waals surface area contributed by atoms with Crippen LogP contribution in [0.15, 0.2) is 11.6 Å². The fourth-order valence-electron chi connectivity index (χ4n) is 0.0645. The number of hydrogen-bond donors (Lipinski definition) is 0. The number of rotatable bonds is 0. The predicted molar refractivity (Wildman–Crippen MR) is 36.4 cm³/mol. The van der Waals surface area contributed by atoms with Gasteiger partial charge in [0.05, 0.1) is 6.07 Å². The summed E-state index contributed by atoms with van der Waals surface area (Å²) < 4.78 is 0. The molecule has 0 saturated carbocycles. The van der Waals surface area contributed by atoms with Gasteiger partial charge in [-0.05, 0) is 13.8 Å². The van der Waals surface area contributed by atoms with E-state index in [1.165, 1.54) is 0 Å². The normalized spacial score (nSPS) is 8.62. The molecule has 0 aliphatic rings. The number of nitrogens with zero attached hydrogens (tertiary/aromatic N) is 1. The Balaban J connectivity index is 0. The molecule has 0 saturated heterocycles. The molecule has 0 spiro atoms.